The van der Waals surface area contributed by atoms with Crippen LogP contribution in [0, 0.1) is 12.8 Å². The van der Waals surface area contributed by atoms with Crippen molar-refractivity contribution in [3.63, 3.8) is 0 Å². The second-order valence-electron chi connectivity index (χ2n) is 7.22. The van der Waals surface area contributed by atoms with E-state index in [1.807, 2.05) is 0 Å². The van der Waals surface area contributed by atoms with Crippen molar-refractivity contribution in [3.05, 3.63) is 23.2 Å². The highest BCUT2D eigenvalue weighted by molar-refractivity contribution is 5.20. The van der Waals surface area contributed by atoms with Gasteiger partial charge in [-0.15, -0.1) is 0 Å². The van der Waals surface area contributed by atoms with Gasteiger partial charge < -0.3 is 9.73 Å². The lowest BCUT2D eigenvalue weighted by atomic mass is 10.1. The summed E-state index contributed by atoms with van der Waals surface area (Å²) in [4.78, 5) is 2.52. The molecule has 0 aliphatic carbocycles. The van der Waals surface area contributed by atoms with Crippen LogP contribution in [0.1, 0.15) is 57.6 Å². The van der Waals surface area contributed by atoms with E-state index in [-0.39, 0.29) is 5.54 Å². The Balaban J connectivity index is 1.90. The Bertz CT molecular complexity index is 431. The number of likely N-dealkylation sites (tertiary alicyclic amines) is 1. The van der Waals surface area contributed by atoms with Crippen LogP contribution in [0.3, 0.4) is 0 Å². The zero-order chi connectivity index (χ0) is 14.8. The van der Waals surface area contributed by atoms with E-state index in [1.165, 1.54) is 31.5 Å². The molecule has 1 aromatic rings. The van der Waals surface area contributed by atoms with Crippen molar-refractivity contribution >= 4 is 0 Å². The van der Waals surface area contributed by atoms with E-state index in [0.717, 1.165) is 30.5 Å². The Hall–Kier alpha value is -0.800. The lowest BCUT2D eigenvalue weighted by Gasteiger charge is -2.19. The molecular weight excluding hydrogens is 248 g/mol. The first-order valence-electron chi connectivity index (χ1n) is 7.93. The van der Waals surface area contributed by atoms with E-state index in [2.05, 4.69) is 50.9 Å². The van der Waals surface area contributed by atoms with E-state index >= 15 is 0 Å². The molecule has 1 N–H and O–H groups in total. The topological polar surface area (TPSA) is 28.4 Å². The molecule has 1 saturated heterocycles. The molecule has 0 amide bonds. The van der Waals surface area contributed by atoms with E-state index in [1.54, 1.807) is 0 Å². The summed E-state index contributed by atoms with van der Waals surface area (Å²) < 4.78 is 6.04. The third kappa shape index (κ3) is 4.35. The van der Waals surface area contributed by atoms with Crippen LogP contribution in [0.2, 0.25) is 0 Å². The zero-order valence-electron chi connectivity index (χ0n) is 13.8. The molecule has 1 unspecified atom stereocenters. The summed E-state index contributed by atoms with van der Waals surface area (Å²) in [6.07, 6.45) is 2.64. The highest BCUT2D eigenvalue weighted by Crippen LogP contribution is 2.23. The van der Waals surface area contributed by atoms with Crippen molar-refractivity contribution in [2.24, 2.45) is 5.92 Å². The van der Waals surface area contributed by atoms with Crippen LogP contribution in [0.4, 0.5) is 0 Å². The van der Waals surface area contributed by atoms with Gasteiger partial charge in [0.1, 0.15) is 11.5 Å². The van der Waals surface area contributed by atoms with Crippen molar-refractivity contribution in [2.75, 3.05) is 13.1 Å². The van der Waals surface area contributed by atoms with E-state index < -0.39 is 0 Å². The predicted octanol–water partition coefficient (Wildman–Crippen LogP) is 3.71. The molecule has 1 aromatic heterocycles. The Morgan fingerprint density at radius 3 is 2.75 bits per heavy atom. The molecule has 114 valence electrons. The van der Waals surface area contributed by atoms with Gasteiger partial charge in [0.15, 0.2) is 0 Å². The average molecular weight is 278 g/mol. The molecule has 1 aliphatic heterocycles. The summed E-state index contributed by atoms with van der Waals surface area (Å²) in [5.41, 5.74) is 1.39. The molecule has 0 bridgehead atoms. The van der Waals surface area contributed by atoms with Crippen molar-refractivity contribution in [2.45, 2.75) is 66.1 Å². The Morgan fingerprint density at radius 1 is 1.40 bits per heavy atom. The third-order valence-electron chi connectivity index (χ3n) is 4.18. The molecule has 0 aromatic carbocycles. The largest absolute Gasteiger partial charge is 0.463 e. The fourth-order valence-corrected chi connectivity index (χ4v) is 2.80. The standard InChI is InChI=1S/C17H30N2O/c1-6-14-7-8-19(11-14)12-15-9-13(2)16(20-15)10-18-17(3,4)5/h9,14,18H,6-8,10-12H2,1-5H3. The number of furan rings is 1. The molecule has 0 radical (unpaired) electrons. The van der Waals surface area contributed by atoms with Crippen molar-refractivity contribution < 1.29 is 4.42 Å². The lowest BCUT2D eigenvalue weighted by Crippen LogP contribution is -2.35. The first-order chi connectivity index (χ1) is 9.37. The van der Waals surface area contributed by atoms with Gasteiger partial charge in [-0.25, -0.2) is 0 Å². The average Bonchev–Trinajstić information content (AvgIpc) is 2.93. The van der Waals surface area contributed by atoms with Crippen molar-refractivity contribution in [1.82, 2.24) is 10.2 Å². The number of hydrogen-bond acceptors (Lipinski definition) is 3. The fraction of sp³-hybridized carbons (Fsp3) is 0.765. The SMILES string of the molecule is CCC1CCN(Cc2cc(C)c(CNC(C)(C)C)o2)C1. The van der Waals surface area contributed by atoms with Gasteiger partial charge in [-0.05, 0) is 58.2 Å². The molecule has 2 rings (SSSR count). The van der Waals surface area contributed by atoms with Gasteiger partial charge in [0, 0.05) is 12.1 Å². The van der Waals surface area contributed by atoms with E-state index in [0.29, 0.717) is 0 Å². The zero-order valence-corrected chi connectivity index (χ0v) is 13.8. The summed E-state index contributed by atoms with van der Waals surface area (Å²) in [7, 11) is 0. The monoisotopic (exact) mass is 278 g/mol. The Morgan fingerprint density at radius 2 is 2.15 bits per heavy atom. The molecule has 3 heteroatoms. The maximum atomic E-state index is 6.04. The van der Waals surface area contributed by atoms with Gasteiger partial charge in [0.05, 0.1) is 13.1 Å². The maximum Gasteiger partial charge on any atom is 0.120 e. The number of nitrogens with zero attached hydrogens (tertiary/aromatic N) is 1. The molecule has 1 aliphatic rings. The summed E-state index contributed by atoms with van der Waals surface area (Å²) >= 11 is 0. The lowest BCUT2D eigenvalue weighted by molar-refractivity contribution is 0.278. The first kappa shape index (κ1) is 15.6. The second-order valence-corrected chi connectivity index (χ2v) is 7.22. The van der Waals surface area contributed by atoms with Crippen LogP contribution >= 0.6 is 0 Å². The molecule has 1 fully saturated rings. The van der Waals surface area contributed by atoms with E-state index in [4.69, 9.17) is 4.42 Å². The molecule has 1 atom stereocenters. The van der Waals surface area contributed by atoms with Crippen molar-refractivity contribution in [1.29, 1.82) is 0 Å². The summed E-state index contributed by atoms with van der Waals surface area (Å²) in [6.45, 7) is 15.2. The third-order valence-corrected chi connectivity index (χ3v) is 4.18. The smallest absolute Gasteiger partial charge is 0.120 e. The number of rotatable bonds is 5. The van der Waals surface area contributed by atoms with Crippen LogP contribution in [-0.2, 0) is 13.1 Å². The minimum atomic E-state index is 0.128. The van der Waals surface area contributed by atoms with Gasteiger partial charge in [0.25, 0.3) is 0 Å². The van der Waals surface area contributed by atoms with Crippen LogP contribution in [-0.4, -0.2) is 23.5 Å². The number of aryl methyl sites for hydroxylation is 1. The van der Waals surface area contributed by atoms with Crippen LogP contribution < -0.4 is 5.32 Å². The molecule has 20 heavy (non-hydrogen) atoms. The number of nitrogens with one attached hydrogen (secondary N) is 1. The molecule has 0 saturated carbocycles. The van der Waals surface area contributed by atoms with Crippen LogP contribution in [0.5, 0.6) is 0 Å². The van der Waals surface area contributed by atoms with Gasteiger partial charge in [0.2, 0.25) is 0 Å². The van der Waals surface area contributed by atoms with Gasteiger partial charge >= 0.3 is 0 Å². The van der Waals surface area contributed by atoms with Gasteiger partial charge in [-0.2, -0.15) is 0 Å². The summed E-state index contributed by atoms with van der Waals surface area (Å²) in [6, 6.07) is 2.21. The van der Waals surface area contributed by atoms with E-state index in [9.17, 15) is 0 Å². The fourth-order valence-electron chi connectivity index (χ4n) is 2.80. The first-order valence-corrected chi connectivity index (χ1v) is 7.93. The predicted molar refractivity (Wildman–Crippen MR) is 83.7 cm³/mol. The Labute approximate surface area is 123 Å². The molecule has 3 nitrogen and oxygen atoms in total. The van der Waals surface area contributed by atoms with Gasteiger partial charge in [-0.3, -0.25) is 4.90 Å². The Kier molecular flexibility index (Phi) is 4.92. The molecule has 2 heterocycles. The minimum Gasteiger partial charge on any atom is -0.463 e. The summed E-state index contributed by atoms with van der Waals surface area (Å²) in [5, 5.41) is 3.49. The normalized spacial score (nSPS) is 20.8. The second kappa shape index (κ2) is 6.31. The maximum absolute atomic E-state index is 6.04. The highest BCUT2D eigenvalue weighted by atomic mass is 16.3. The molecular formula is C17H30N2O. The molecule has 0 spiro atoms. The highest BCUT2D eigenvalue weighted by Gasteiger charge is 2.22. The quantitative estimate of drug-likeness (QED) is 0.890. The number of hydrogen-bond donors (Lipinski definition) is 1. The van der Waals surface area contributed by atoms with Gasteiger partial charge in [-0.1, -0.05) is 13.3 Å². The van der Waals surface area contributed by atoms with Crippen LogP contribution in [0.15, 0.2) is 10.5 Å². The minimum absolute atomic E-state index is 0.128. The van der Waals surface area contributed by atoms with Crippen LogP contribution in [0.25, 0.3) is 0 Å². The summed E-state index contributed by atoms with van der Waals surface area (Å²) in [5.74, 6) is 3.08. The van der Waals surface area contributed by atoms with Crippen molar-refractivity contribution in [3.8, 4) is 0 Å².